The van der Waals surface area contributed by atoms with Crippen LogP contribution < -0.4 is 10.1 Å². The summed E-state index contributed by atoms with van der Waals surface area (Å²) in [6.45, 7) is 2.79. The second-order valence-corrected chi connectivity index (χ2v) is 5.02. The zero-order valence-corrected chi connectivity index (χ0v) is 10.3. The number of nitrogens with one attached hydrogen (secondary N) is 1. The minimum absolute atomic E-state index is 0.0254. The number of aryl methyl sites for hydroxylation is 1. The molecular weight excluding hydrogens is 214 g/mol. The third kappa shape index (κ3) is 2.05. The molecule has 0 amide bonds. The van der Waals surface area contributed by atoms with Crippen LogP contribution in [-0.4, -0.2) is 32.4 Å². The van der Waals surface area contributed by atoms with Gasteiger partial charge in [-0.25, -0.2) is 0 Å². The van der Waals surface area contributed by atoms with Gasteiger partial charge in [-0.3, -0.25) is 0 Å². The van der Waals surface area contributed by atoms with Crippen LogP contribution in [0.25, 0.3) is 0 Å². The van der Waals surface area contributed by atoms with E-state index in [9.17, 15) is 0 Å². The molecule has 0 radical (unpaired) electrons. The van der Waals surface area contributed by atoms with Gasteiger partial charge in [-0.15, -0.1) is 0 Å². The van der Waals surface area contributed by atoms with E-state index in [-0.39, 0.29) is 5.60 Å². The van der Waals surface area contributed by atoms with Crippen LogP contribution in [0.1, 0.15) is 17.5 Å². The highest BCUT2D eigenvalue weighted by molar-refractivity contribution is 5.38. The SMILES string of the molecule is COc1ccc2c(c1)CC1(CC2)CNCCO1. The lowest BCUT2D eigenvalue weighted by molar-refractivity contribution is -0.0739. The smallest absolute Gasteiger partial charge is 0.119 e. The molecule has 1 unspecified atom stereocenters. The molecule has 1 fully saturated rings. The molecule has 1 aliphatic heterocycles. The van der Waals surface area contributed by atoms with Crippen molar-refractivity contribution in [2.24, 2.45) is 0 Å². The monoisotopic (exact) mass is 233 g/mol. The molecule has 3 nitrogen and oxygen atoms in total. The molecule has 1 aromatic carbocycles. The van der Waals surface area contributed by atoms with E-state index in [4.69, 9.17) is 9.47 Å². The highest BCUT2D eigenvalue weighted by Gasteiger charge is 2.36. The van der Waals surface area contributed by atoms with Gasteiger partial charge in [-0.2, -0.15) is 0 Å². The molecule has 17 heavy (non-hydrogen) atoms. The van der Waals surface area contributed by atoms with Gasteiger partial charge < -0.3 is 14.8 Å². The fourth-order valence-corrected chi connectivity index (χ4v) is 2.92. The van der Waals surface area contributed by atoms with Crippen molar-refractivity contribution < 1.29 is 9.47 Å². The van der Waals surface area contributed by atoms with Gasteiger partial charge in [0.15, 0.2) is 0 Å². The molecule has 3 heteroatoms. The van der Waals surface area contributed by atoms with Crippen molar-refractivity contribution in [1.82, 2.24) is 5.32 Å². The molecule has 1 saturated heterocycles. The molecular formula is C14H19NO2. The van der Waals surface area contributed by atoms with Crippen molar-refractivity contribution in [2.75, 3.05) is 26.8 Å². The Kier molecular flexibility index (Phi) is 2.81. The summed E-state index contributed by atoms with van der Waals surface area (Å²) >= 11 is 0. The van der Waals surface area contributed by atoms with Crippen molar-refractivity contribution >= 4 is 0 Å². The Morgan fingerprint density at radius 2 is 2.29 bits per heavy atom. The molecule has 3 rings (SSSR count). The summed E-state index contributed by atoms with van der Waals surface area (Å²) in [5, 5.41) is 3.45. The summed E-state index contributed by atoms with van der Waals surface area (Å²) in [6.07, 6.45) is 3.24. The minimum atomic E-state index is 0.0254. The highest BCUT2D eigenvalue weighted by atomic mass is 16.5. The van der Waals surface area contributed by atoms with Crippen LogP contribution in [0, 0.1) is 0 Å². The van der Waals surface area contributed by atoms with E-state index < -0.39 is 0 Å². The van der Waals surface area contributed by atoms with Crippen molar-refractivity contribution in [3.05, 3.63) is 29.3 Å². The van der Waals surface area contributed by atoms with Gasteiger partial charge in [-0.05, 0) is 36.1 Å². The third-order valence-corrected chi connectivity index (χ3v) is 3.91. The van der Waals surface area contributed by atoms with Crippen LogP contribution in [0.2, 0.25) is 0 Å². The molecule has 92 valence electrons. The lowest BCUT2D eigenvalue weighted by Crippen LogP contribution is -2.52. The largest absolute Gasteiger partial charge is 0.497 e. The number of ether oxygens (including phenoxy) is 2. The number of methoxy groups -OCH3 is 1. The van der Waals surface area contributed by atoms with Gasteiger partial charge in [0.25, 0.3) is 0 Å². The maximum Gasteiger partial charge on any atom is 0.119 e. The second-order valence-electron chi connectivity index (χ2n) is 5.02. The van der Waals surface area contributed by atoms with Crippen LogP contribution in [0.4, 0.5) is 0 Å². The maximum atomic E-state index is 6.03. The van der Waals surface area contributed by atoms with E-state index in [1.165, 1.54) is 11.1 Å². The van der Waals surface area contributed by atoms with Gasteiger partial charge in [0.05, 0.1) is 19.3 Å². The Bertz CT molecular complexity index is 411. The van der Waals surface area contributed by atoms with Gasteiger partial charge in [0, 0.05) is 19.5 Å². The van der Waals surface area contributed by atoms with Crippen molar-refractivity contribution in [3.8, 4) is 5.75 Å². The first-order valence-electron chi connectivity index (χ1n) is 6.32. The topological polar surface area (TPSA) is 30.5 Å². The first-order chi connectivity index (χ1) is 8.31. The Morgan fingerprint density at radius 1 is 1.35 bits per heavy atom. The first kappa shape index (κ1) is 11.1. The van der Waals surface area contributed by atoms with Crippen LogP contribution in [-0.2, 0) is 17.6 Å². The summed E-state index contributed by atoms with van der Waals surface area (Å²) in [4.78, 5) is 0. The fraction of sp³-hybridized carbons (Fsp3) is 0.571. The number of fused-ring (bicyclic) bond motifs is 1. The number of hydrogen-bond donors (Lipinski definition) is 1. The standard InChI is InChI=1S/C14H19NO2/c1-16-13-3-2-11-4-5-14(9-12(11)8-13)10-15-6-7-17-14/h2-3,8,15H,4-7,9-10H2,1H3. The summed E-state index contributed by atoms with van der Waals surface area (Å²) in [6, 6.07) is 6.41. The molecule has 0 saturated carbocycles. The normalized spacial score (nSPS) is 27.8. The second kappa shape index (κ2) is 4.31. The van der Waals surface area contributed by atoms with Crippen LogP contribution in [0.3, 0.4) is 0 Å². The fourth-order valence-electron chi connectivity index (χ4n) is 2.92. The molecule has 0 bridgehead atoms. The predicted molar refractivity (Wildman–Crippen MR) is 66.6 cm³/mol. The van der Waals surface area contributed by atoms with E-state index in [1.807, 2.05) is 0 Å². The van der Waals surface area contributed by atoms with Crippen LogP contribution in [0.15, 0.2) is 18.2 Å². The summed E-state index contributed by atoms with van der Waals surface area (Å²) in [5.74, 6) is 0.949. The quantitative estimate of drug-likeness (QED) is 0.798. The van der Waals surface area contributed by atoms with Gasteiger partial charge in [-0.1, -0.05) is 6.07 Å². The first-order valence-corrected chi connectivity index (χ1v) is 6.32. The molecule has 1 atom stereocenters. The van der Waals surface area contributed by atoms with E-state index in [2.05, 4.69) is 23.5 Å². The summed E-state index contributed by atoms with van der Waals surface area (Å²) in [7, 11) is 1.72. The minimum Gasteiger partial charge on any atom is -0.497 e. The zero-order valence-electron chi connectivity index (χ0n) is 10.3. The number of morpholine rings is 1. The van der Waals surface area contributed by atoms with Crippen molar-refractivity contribution in [1.29, 1.82) is 0 Å². The third-order valence-electron chi connectivity index (χ3n) is 3.91. The van der Waals surface area contributed by atoms with Crippen LogP contribution in [0.5, 0.6) is 5.75 Å². The van der Waals surface area contributed by atoms with Gasteiger partial charge >= 0.3 is 0 Å². The average Bonchev–Trinajstić information content (AvgIpc) is 2.39. The van der Waals surface area contributed by atoms with Gasteiger partial charge in [0.2, 0.25) is 0 Å². The lowest BCUT2D eigenvalue weighted by Gasteiger charge is -2.41. The molecule has 1 spiro atoms. The molecule has 1 heterocycles. The number of hydrogen-bond acceptors (Lipinski definition) is 3. The van der Waals surface area contributed by atoms with Crippen LogP contribution >= 0.6 is 0 Å². The molecule has 2 aliphatic rings. The number of rotatable bonds is 1. The lowest BCUT2D eigenvalue weighted by atomic mass is 9.79. The predicted octanol–water partition coefficient (Wildman–Crippen LogP) is 1.54. The van der Waals surface area contributed by atoms with E-state index in [1.54, 1.807) is 7.11 Å². The molecule has 1 N–H and O–H groups in total. The summed E-state index contributed by atoms with van der Waals surface area (Å²) < 4.78 is 11.3. The Hall–Kier alpha value is -1.06. The van der Waals surface area contributed by atoms with E-state index >= 15 is 0 Å². The Balaban J connectivity index is 1.87. The Morgan fingerprint density at radius 3 is 3.06 bits per heavy atom. The number of benzene rings is 1. The van der Waals surface area contributed by atoms with Crippen molar-refractivity contribution in [3.63, 3.8) is 0 Å². The average molecular weight is 233 g/mol. The van der Waals surface area contributed by atoms with Crippen molar-refractivity contribution in [2.45, 2.75) is 24.9 Å². The zero-order chi connectivity index (χ0) is 11.7. The van der Waals surface area contributed by atoms with E-state index in [0.717, 1.165) is 44.7 Å². The van der Waals surface area contributed by atoms with E-state index in [0.29, 0.717) is 0 Å². The van der Waals surface area contributed by atoms with Gasteiger partial charge in [0.1, 0.15) is 5.75 Å². The molecule has 1 aliphatic carbocycles. The maximum absolute atomic E-state index is 6.03. The molecule has 0 aromatic heterocycles. The molecule has 1 aromatic rings. The highest BCUT2D eigenvalue weighted by Crippen LogP contribution is 2.34. The summed E-state index contributed by atoms with van der Waals surface area (Å²) in [5.41, 5.74) is 2.86. The Labute approximate surface area is 102 Å².